The lowest BCUT2D eigenvalue weighted by Crippen LogP contribution is -2.46. The van der Waals surface area contributed by atoms with E-state index in [9.17, 15) is 13.6 Å². The van der Waals surface area contributed by atoms with Gasteiger partial charge < -0.3 is 4.74 Å². The van der Waals surface area contributed by atoms with Crippen LogP contribution in [-0.2, 0) is 17.2 Å². The van der Waals surface area contributed by atoms with Crippen molar-refractivity contribution in [2.75, 3.05) is 6.54 Å². The number of nitrogens with zero attached hydrogens (tertiary/aromatic N) is 3. The van der Waals surface area contributed by atoms with E-state index in [1.165, 1.54) is 0 Å². The van der Waals surface area contributed by atoms with Crippen molar-refractivity contribution in [2.45, 2.75) is 45.8 Å². The summed E-state index contributed by atoms with van der Waals surface area (Å²) in [5.74, 6) is -2.77. The molecular formula is C13H17F2N3O2. The zero-order valence-electron chi connectivity index (χ0n) is 11.9. The number of aromatic nitrogens is 2. The van der Waals surface area contributed by atoms with Crippen molar-refractivity contribution in [2.24, 2.45) is 0 Å². The van der Waals surface area contributed by atoms with Gasteiger partial charge in [-0.1, -0.05) is 0 Å². The predicted octanol–water partition coefficient (Wildman–Crippen LogP) is 2.63. The zero-order chi connectivity index (χ0) is 15.1. The van der Waals surface area contributed by atoms with Gasteiger partial charge in [0, 0.05) is 6.20 Å². The lowest BCUT2D eigenvalue weighted by atomic mass is 10.0. The van der Waals surface area contributed by atoms with Gasteiger partial charge in [0.05, 0.1) is 24.3 Å². The van der Waals surface area contributed by atoms with Crippen LogP contribution < -0.4 is 0 Å². The number of alkyl halides is 2. The van der Waals surface area contributed by atoms with E-state index in [1.54, 1.807) is 27.7 Å². The number of carbonyl (C=O) groups is 1. The van der Waals surface area contributed by atoms with Gasteiger partial charge in [0.15, 0.2) is 0 Å². The second kappa shape index (κ2) is 4.64. The molecule has 1 aromatic heterocycles. The van der Waals surface area contributed by atoms with Crippen LogP contribution in [0.4, 0.5) is 13.6 Å². The zero-order valence-corrected chi connectivity index (χ0v) is 11.9. The maximum atomic E-state index is 14.0. The van der Waals surface area contributed by atoms with Gasteiger partial charge in [-0.05, 0) is 27.7 Å². The smallest absolute Gasteiger partial charge is 0.410 e. The molecule has 0 spiro atoms. The standard InChI is InChI=1S/C13H17F2N3O2/c1-8-16-5-9-10(17-8)6-18(7-13(9,14)15)11(19)20-12(2,3)4/h5H,6-7H2,1-4H3. The SMILES string of the molecule is Cc1ncc2c(n1)CN(C(=O)OC(C)(C)C)CC2(F)F. The Morgan fingerprint density at radius 2 is 2.10 bits per heavy atom. The Morgan fingerprint density at radius 3 is 2.70 bits per heavy atom. The van der Waals surface area contributed by atoms with E-state index in [1.807, 2.05) is 0 Å². The van der Waals surface area contributed by atoms with Crippen LogP contribution in [0.5, 0.6) is 0 Å². The number of rotatable bonds is 0. The molecule has 1 aliphatic rings. The van der Waals surface area contributed by atoms with E-state index in [2.05, 4.69) is 9.97 Å². The number of hydrogen-bond donors (Lipinski definition) is 0. The van der Waals surface area contributed by atoms with Crippen LogP contribution in [0.15, 0.2) is 6.20 Å². The normalized spacial score (nSPS) is 17.6. The summed E-state index contributed by atoms with van der Waals surface area (Å²) in [6.07, 6.45) is 0.364. The van der Waals surface area contributed by atoms with E-state index < -0.39 is 24.2 Å². The maximum absolute atomic E-state index is 14.0. The molecule has 0 aromatic carbocycles. The van der Waals surface area contributed by atoms with Gasteiger partial charge in [-0.3, -0.25) is 4.90 Å². The average molecular weight is 285 g/mol. The lowest BCUT2D eigenvalue weighted by Gasteiger charge is -2.34. The fourth-order valence-electron chi connectivity index (χ4n) is 1.96. The van der Waals surface area contributed by atoms with Crippen LogP contribution in [0.1, 0.15) is 37.9 Å². The Morgan fingerprint density at radius 1 is 1.45 bits per heavy atom. The van der Waals surface area contributed by atoms with Gasteiger partial charge >= 0.3 is 6.09 Å². The van der Waals surface area contributed by atoms with E-state index in [-0.39, 0.29) is 17.8 Å². The highest BCUT2D eigenvalue weighted by Crippen LogP contribution is 2.35. The lowest BCUT2D eigenvalue weighted by molar-refractivity contribution is -0.0604. The highest BCUT2D eigenvalue weighted by Gasteiger charge is 2.44. The molecule has 1 aliphatic heterocycles. The first-order chi connectivity index (χ1) is 9.08. The summed E-state index contributed by atoms with van der Waals surface area (Å²) in [4.78, 5) is 20.7. The first-order valence-corrected chi connectivity index (χ1v) is 6.27. The van der Waals surface area contributed by atoms with Crippen LogP contribution in [0.3, 0.4) is 0 Å². The molecular weight excluding hydrogens is 268 g/mol. The fraction of sp³-hybridized carbons (Fsp3) is 0.615. The Hall–Kier alpha value is -1.79. The molecule has 0 unspecified atom stereocenters. The number of ether oxygens (including phenoxy) is 1. The summed E-state index contributed by atoms with van der Waals surface area (Å²) in [5.41, 5.74) is -0.781. The molecule has 0 saturated carbocycles. The summed E-state index contributed by atoms with van der Waals surface area (Å²) in [5, 5.41) is 0. The highest BCUT2D eigenvalue weighted by molar-refractivity contribution is 5.68. The monoisotopic (exact) mass is 285 g/mol. The molecule has 0 atom stereocenters. The molecule has 1 amide bonds. The molecule has 0 radical (unpaired) electrons. The molecule has 2 rings (SSSR count). The van der Waals surface area contributed by atoms with Crippen molar-refractivity contribution >= 4 is 6.09 Å². The van der Waals surface area contributed by atoms with E-state index in [4.69, 9.17) is 4.74 Å². The summed E-state index contributed by atoms with van der Waals surface area (Å²) >= 11 is 0. The first-order valence-electron chi connectivity index (χ1n) is 6.27. The number of halogens is 2. The minimum atomic E-state index is -3.17. The van der Waals surface area contributed by atoms with Gasteiger partial charge in [0.2, 0.25) is 0 Å². The third kappa shape index (κ3) is 3.02. The van der Waals surface area contributed by atoms with Crippen LogP contribution in [-0.4, -0.2) is 33.1 Å². The van der Waals surface area contributed by atoms with E-state index in [0.717, 1.165) is 11.1 Å². The molecule has 110 valence electrons. The Labute approximate surface area is 116 Å². The summed E-state index contributed by atoms with van der Waals surface area (Å²) in [7, 11) is 0. The predicted molar refractivity (Wildman–Crippen MR) is 67.3 cm³/mol. The van der Waals surface area contributed by atoms with Crippen LogP contribution in [0.25, 0.3) is 0 Å². The minimum Gasteiger partial charge on any atom is -0.444 e. The number of aryl methyl sites for hydroxylation is 1. The number of carbonyl (C=O) groups excluding carboxylic acids is 1. The third-order valence-corrected chi connectivity index (χ3v) is 2.76. The Kier molecular flexibility index (Phi) is 3.39. The van der Waals surface area contributed by atoms with E-state index >= 15 is 0 Å². The van der Waals surface area contributed by atoms with Gasteiger partial charge in [-0.2, -0.15) is 8.78 Å². The average Bonchev–Trinajstić information content (AvgIpc) is 2.24. The molecule has 0 saturated heterocycles. The van der Waals surface area contributed by atoms with Crippen molar-refractivity contribution in [3.05, 3.63) is 23.3 Å². The minimum absolute atomic E-state index is 0.00317. The largest absolute Gasteiger partial charge is 0.444 e. The molecule has 5 nitrogen and oxygen atoms in total. The Balaban J connectivity index is 2.28. The molecule has 20 heavy (non-hydrogen) atoms. The van der Waals surface area contributed by atoms with Crippen LogP contribution >= 0.6 is 0 Å². The fourth-order valence-corrected chi connectivity index (χ4v) is 1.96. The number of fused-ring (bicyclic) bond motifs is 1. The van der Waals surface area contributed by atoms with Crippen molar-refractivity contribution in [1.82, 2.24) is 14.9 Å². The van der Waals surface area contributed by atoms with E-state index in [0.29, 0.717) is 5.82 Å². The van der Waals surface area contributed by atoms with Crippen molar-refractivity contribution in [3.63, 3.8) is 0 Å². The van der Waals surface area contributed by atoms with Gasteiger partial charge in [-0.25, -0.2) is 14.8 Å². The first kappa shape index (κ1) is 14.6. The molecule has 0 N–H and O–H groups in total. The molecule has 0 aliphatic carbocycles. The van der Waals surface area contributed by atoms with Crippen LogP contribution in [0, 0.1) is 6.92 Å². The maximum Gasteiger partial charge on any atom is 0.410 e. The summed E-state index contributed by atoms with van der Waals surface area (Å²) in [6, 6.07) is 0. The Bertz CT molecular complexity index is 541. The van der Waals surface area contributed by atoms with Crippen molar-refractivity contribution < 1.29 is 18.3 Å². The molecule has 2 heterocycles. The molecule has 1 aromatic rings. The van der Waals surface area contributed by atoms with Crippen molar-refractivity contribution in [3.8, 4) is 0 Å². The van der Waals surface area contributed by atoms with Gasteiger partial charge in [0.25, 0.3) is 5.92 Å². The molecule has 0 bridgehead atoms. The second-order valence-electron chi connectivity index (χ2n) is 5.82. The van der Waals surface area contributed by atoms with Gasteiger partial charge in [0.1, 0.15) is 11.4 Å². The molecule has 7 heteroatoms. The second-order valence-corrected chi connectivity index (χ2v) is 5.82. The third-order valence-electron chi connectivity index (χ3n) is 2.76. The summed E-state index contributed by atoms with van der Waals surface area (Å²) in [6.45, 7) is 5.96. The number of hydrogen-bond acceptors (Lipinski definition) is 4. The van der Waals surface area contributed by atoms with Crippen molar-refractivity contribution in [1.29, 1.82) is 0 Å². The van der Waals surface area contributed by atoms with Crippen LogP contribution in [0.2, 0.25) is 0 Å². The molecule has 0 fully saturated rings. The summed E-state index contributed by atoms with van der Waals surface area (Å²) < 4.78 is 33.2. The quantitative estimate of drug-likeness (QED) is 0.735. The highest BCUT2D eigenvalue weighted by atomic mass is 19.3. The number of amides is 1. The van der Waals surface area contributed by atoms with Gasteiger partial charge in [-0.15, -0.1) is 0 Å². The topological polar surface area (TPSA) is 55.3 Å².